The van der Waals surface area contributed by atoms with Crippen LogP contribution in [0.5, 0.6) is 0 Å². The normalized spacial score (nSPS) is 17.9. The summed E-state index contributed by atoms with van der Waals surface area (Å²) in [6, 6.07) is -0.567. The van der Waals surface area contributed by atoms with E-state index in [2.05, 4.69) is 18.5 Å². The van der Waals surface area contributed by atoms with E-state index in [0.717, 1.165) is 6.42 Å². The van der Waals surface area contributed by atoms with Crippen molar-refractivity contribution in [1.29, 1.82) is 0 Å². The Morgan fingerprint density at radius 3 is 2.29 bits per heavy atom. The highest BCUT2D eigenvalue weighted by Gasteiger charge is 2.36. The Morgan fingerprint density at radius 1 is 1.25 bits per heavy atom. The Bertz CT molecular complexity index is 504. The molecule has 0 bridgehead atoms. The third-order valence-electron chi connectivity index (χ3n) is 3.18. The van der Waals surface area contributed by atoms with Gasteiger partial charge in [-0.25, -0.2) is 4.79 Å². The van der Waals surface area contributed by atoms with E-state index in [1.54, 1.807) is 20.8 Å². The second-order valence-electron chi connectivity index (χ2n) is 6.10. The molecule has 1 aliphatic heterocycles. The summed E-state index contributed by atoms with van der Waals surface area (Å²) in [5.41, 5.74) is 5.84. The molecule has 1 atom stereocenters. The van der Waals surface area contributed by atoms with Crippen LogP contribution >= 0.6 is 0 Å². The van der Waals surface area contributed by atoms with Crippen molar-refractivity contribution in [2.75, 3.05) is 6.54 Å². The van der Waals surface area contributed by atoms with Crippen molar-refractivity contribution in [3.63, 3.8) is 0 Å². The molecule has 1 saturated heterocycles. The van der Waals surface area contributed by atoms with Gasteiger partial charge in [0, 0.05) is 6.54 Å². The topological polar surface area (TPSA) is 84.7 Å². The Kier molecular flexibility index (Phi) is 8.89. The third kappa shape index (κ3) is 6.48. The number of likely N-dealkylation sites (tertiary alicyclic amines) is 1. The zero-order valence-electron chi connectivity index (χ0n) is 15.5. The van der Waals surface area contributed by atoms with Gasteiger partial charge in [-0.2, -0.15) is 0 Å². The molecule has 6 heteroatoms. The summed E-state index contributed by atoms with van der Waals surface area (Å²) in [7, 11) is 0. The van der Waals surface area contributed by atoms with E-state index >= 15 is 0 Å². The first kappa shape index (κ1) is 21.8. The van der Waals surface area contributed by atoms with Crippen LogP contribution in [0, 0.1) is 0 Å². The molecule has 0 aromatic carbocycles. The van der Waals surface area contributed by atoms with Crippen molar-refractivity contribution in [1.82, 2.24) is 10.2 Å². The predicted octanol–water partition coefficient (Wildman–Crippen LogP) is 3.07. The Morgan fingerprint density at radius 2 is 1.83 bits per heavy atom. The highest BCUT2D eigenvalue weighted by molar-refractivity contribution is 5.87. The molecule has 0 aromatic heterocycles. The van der Waals surface area contributed by atoms with Gasteiger partial charge in [0.15, 0.2) is 0 Å². The predicted molar refractivity (Wildman–Crippen MR) is 97.1 cm³/mol. The number of allylic oxidation sites excluding steroid dienone is 2. The van der Waals surface area contributed by atoms with E-state index in [1.165, 1.54) is 17.1 Å². The van der Waals surface area contributed by atoms with Crippen molar-refractivity contribution in [2.24, 2.45) is 5.73 Å². The van der Waals surface area contributed by atoms with Gasteiger partial charge in [0.25, 0.3) is 0 Å². The molecule has 0 radical (unpaired) electrons. The first-order valence-electron chi connectivity index (χ1n) is 8.24. The van der Waals surface area contributed by atoms with Crippen molar-refractivity contribution in [3.05, 3.63) is 36.7 Å². The van der Waals surface area contributed by atoms with E-state index in [1.807, 2.05) is 13.8 Å². The molecule has 1 rings (SSSR count). The van der Waals surface area contributed by atoms with Crippen LogP contribution in [-0.2, 0) is 9.53 Å². The molecule has 1 heterocycles. The molecule has 0 saturated carbocycles. The molecule has 1 fully saturated rings. The summed E-state index contributed by atoms with van der Waals surface area (Å²) < 4.78 is 5.34. The summed E-state index contributed by atoms with van der Waals surface area (Å²) in [6.07, 6.45) is 3.73. The highest BCUT2D eigenvalue weighted by Crippen LogP contribution is 2.21. The average molecular weight is 337 g/mol. The minimum Gasteiger partial charge on any atom is -0.444 e. The number of hydrogen-bond acceptors (Lipinski definition) is 4. The molecule has 0 aromatic rings. The van der Waals surface area contributed by atoms with Gasteiger partial charge in [0.1, 0.15) is 11.6 Å². The molecule has 0 unspecified atom stereocenters. The quantitative estimate of drug-likeness (QED) is 0.772. The number of carbonyl (C=O) groups is 2. The standard InChI is InChI=1S/C16H25N3O3.C2H6/c1-6-11(17)12(7-2)18-14(20)13-9-8-10-19(13)15(21)22-16(3,4)5;1-2/h6-7,13H,1-2,8-10,17H2,3-5H3,(H,18,20);1-2H3/b12-11-;/t13-;/m0./s1. The summed E-state index contributed by atoms with van der Waals surface area (Å²) in [4.78, 5) is 26.0. The Hall–Kier alpha value is -2.24. The zero-order valence-corrected chi connectivity index (χ0v) is 15.5. The molecule has 24 heavy (non-hydrogen) atoms. The first-order valence-corrected chi connectivity index (χ1v) is 8.24. The number of amides is 2. The van der Waals surface area contributed by atoms with Gasteiger partial charge in [-0.15, -0.1) is 0 Å². The Labute approximate surface area is 145 Å². The lowest BCUT2D eigenvalue weighted by molar-refractivity contribution is -0.124. The number of carbonyl (C=O) groups excluding carboxylic acids is 2. The molecule has 3 N–H and O–H groups in total. The molecule has 136 valence electrons. The summed E-state index contributed by atoms with van der Waals surface area (Å²) in [5.74, 6) is -0.303. The van der Waals surface area contributed by atoms with Gasteiger partial charge in [-0.1, -0.05) is 27.0 Å². The molecule has 0 spiro atoms. The van der Waals surface area contributed by atoms with E-state index in [0.29, 0.717) is 24.4 Å². The number of nitrogens with one attached hydrogen (secondary N) is 1. The number of ether oxygens (including phenoxy) is 1. The number of rotatable bonds is 4. The molecule has 0 aliphatic carbocycles. The van der Waals surface area contributed by atoms with E-state index in [-0.39, 0.29) is 5.91 Å². The van der Waals surface area contributed by atoms with Gasteiger partial charge >= 0.3 is 6.09 Å². The fourth-order valence-corrected chi connectivity index (χ4v) is 2.15. The van der Waals surface area contributed by atoms with Crippen molar-refractivity contribution >= 4 is 12.0 Å². The molecular weight excluding hydrogens is 306 g/mol. The average Bonchev–Trinajstić information content (AvgIpc) is 3.01. The molecule has 6 nitrogen and oxygen atoms in total. The minimum absolute atomic E-state index is 0.303. The van der Waals surface area contributed by atoms with Crippen molar-refractivity contribution in [2.45, 2.75) is 59.1 Å². The highest BCUT2D eigenvalue weighted by atomic mass is 16.6. The number of nitrogens with zero attached hydrogens (tertiary/aromatic N) is 1. The van der Waals surface area contributed by atoms with Crippen molar-refractivity contribution in [3.8, 4) is 0 Å². The fraction of sp³-hybridized carbons (Fsp3) is 0.556. The molecular formula is C18H31N3O3. The maximum atomic E-state index is 12.4. The monoisotopic (exact) mass is 337 g/mol. The second-order valence-corrected chi connectivity index (χ2v) is 6.10. The van der Waals surface area contributed by atoms with Crippen LogP contribution in [0.4, 0.5) is 4.79 Å². The van der Waals surface area contributed by atoms with Gasteiger partial charge in [0.05, 0.1) is 11.4 Å². The van der Waals surface area contributed by atoms with Gasteiger partial charge < -0.3 is 15.8 Å². The van der Waals surface area contributed by atoms with Crippen LogP contribution < -0.4 is 11.1 Å². The minimum atomic E-state index is -0.597. The lowest BCUT2D eigenvalue weighted by Gasteiger charge is -2.28. The van der Waals surface area contributed by atoms with E-state index in [9.17, 15) is 9.59 Å². The summed E-state index contributed by atoms with van der Waals surface area (Å²) in [6.45, 7) is 17.0. The van der Waals surface area contributed by atoms with E-state index in [4.69, 9.17) is 10.5 Å². The maximum absolute atomic E-state index is 12.4. The van der Waals surface area contributed by atoms with Gasteiger partial charge in [-0.05, 0) is 45.8 Å². The van der Waals surface area contributed by atoms with Crippen LogP contribution in [0.1, 0.15) is 47.5 Å². The molecule has 1 aliphatic rings. The van der Waals surface area contributed by atoms with Crippen LogP contribution in [0.3, 0.4) is 0 Å². The number of nitrogens with two attached hydrogens (primary N) is 1. The van der Waals surface area contributed by atoms with Crippen LogP contribution in [0.15, 0.2) is 36.7 Å². The van der Waals surface area contributed by atoms with E-state index < -0.39 is 17.7 Å². The molecule has 2 amide bonds. The van der Waals surface area contributed by atoms with Gasteiger partial charge in [-0.3, -0.25) is 9.69 Å². The largest absolute Gasteiger partial charge is 0.444 e. The third-order valence-corrected chi connectivity index (χ3v) is 3.18. The fourth-order valence-electron chi connectivity index (χ4n) is 2.15. The number of hydrogen-bond donors (Lipinski definition) is 2. The van der Waals surface area contributed by atoms with Crippen LogP contribution in [0.2, 0.25) is 0 Å². The smallest absolute Gasteiger partial charge is 0.410 e. The summed E-state index contributed by atoms with van der Waals surface area (Å²) >= 11 is 0. The van der Waals surface area contributed by atoms with Crippen molar-refractivity contribution < 1.29 is 14.3 Å². The van der Waals surface area contributed by atoms with Crippen LogP contribution in [-0.4, -0.2) is 35.1 Å². The SMILES string of the molecule is C=C/C(N)=C(\C=C)NC(=O)[C@@H]1CCCN1C(=O)OC(C)(C)C.CC. The first-order chi connectivity index (χ1) is 11.2. The zero-order chi connectivity index (χ0) is 18.9. The van der Waals surface area contributed by atoms with Gasteiger partial charge in [0.2, 0.25) is 5.91 Å². The lowest BCUT2D eigenvalue weighted by atomic mass is 10.2. The maximum Gasteiger partial charge on any atom is 0.410 e. The van der Waals surface area contributed by atoms with Crippen LogP contribution in [0.25, 0.3) is 0 Å². The lowest BCUT2D eigenvalue weighted by Crippen LogP contribution is -2.47. The Balaban J connectivity index is 0.00000254. The second kappa shape index (κ2) is 9.80. The summed E-state index contributed by atoms with van der Waals surface area (Å²) in [5, 5.41) is 2.68.